The molecule has 4 nitrogen and oxygen atoms in total. The summed E-state index contributed by atoms with van der Waals surface area (Å²) in [7, 11) is 0. The monoisotopic (exact) mass is 343 g/mol. The molecule has 0 bridgehead atoms. The minimum absolute atomic E-state index is 0.113. The topological polar surface area (TPSA) is 53.2 Å². The van der Waals surface area contributed by atoms with E-state index in [1.54, 1.807) is 11.3 Å². The van der Waals surface area contributed by atoms with E-state index < -0.39 is 0 Å². The summed E-state index contributed by atoms with van der Waals surface area (Å²) in [4.78, 5) is 13.1. The zero-order valence-electron chi connectivity index (χ0n) is 14.4. The summed E-state index contributed by atoms with van der Waals surface area (Å²) >= 11 is 1.80. The van der Waals surface area contributed by atoms with Gasteiger partial charge in [-0.25, -0.2) is 4.79 Å². The van der Waals surface area contributed by atoms with Crippen LogP contribution in [-0.2, 0) is 0 Å². The van der Waals surface area contributed by atoms with Crippen molar-refractivity contribution in [2.24, 2.45) is 0 Å². The van der Waals surface area contributed by atoms with Crippen LogP contribution in [0.25, 0.3) is 0 Å². The van der Waals surface area contributed by atoms with Gasteiger partial charge in [0.15, 0.2) is 0 Å². The van der Waals surface area contributed by atoms with Crippen molar-refractivity contribution in [3.63, 3.8) is 0 Å². The molecule has 1 fully saturated rings. The number of carbonyl (C=O) groups excluding carboxylic acids is 1. The molecule has 0 aliphatic heterocycles. The average molecular weight is 343 g/mol. The molecule has 3 rings (SSSR count). The lowest BCUT2D eigenvalue weighted by molar-refractivity contribution is 0.251. The van der Waals surface area contributed by atoms with E-state index in [1.807, 2.05) is 12.1 Å². The summed E-state index contributed by atoms with van der Waals surface area (Å²) < 4.78 is 0. The van der Waals surface area contributed by atoms with E-state index in [0.717, 1.165) is 18.5 Å². The molecule has 2 aromatic rings. The highest BCUT2D eigenvalue weighted by Gasteiger charge is 2.23. The summed E-state index contributed by atoms with van der Waals surface area (Å²) in [6.07, 6.45) is 2.19. The number of carbonyl (C=O) groups is 1. The number of rotatable bonds is 6. The predicted octanol–water partition coefficient (Wildman–Crippen LogP) is 4.75. The van der Waals surface area contributed by atoms with Gasteiger partial charge in [0.1, 0.15) is 0 Å². The largest absolute Gasteiger partial charge is 0.335 e. The van der Waals surface area contributed by atoms with E-state index in [2.05, 4.69) is 60.3 Å². The Bertz CT molecular complexity index is 691. The van der Waals surface area contributed by atoms with Gasteiger partial charge < -0.3 is 16.0 Å². The fourth-order valence-electron chi connectivity index (χ4n) is 2.81. The van der Waals surface area contributed by atoms with Gasteiger partial charge in [-0.2, -0.15) is 0 Å². The second-order valence-corrected chi connectivity index (χ2v) is 7.52. The van der Waals surface area contributed by atoms with Crippen LogP contribution in [0.1, 0.15) is 54.8 Å². The molecular formula is C19H25N3OS. The SMILES string of the molecule is Cc1ccsc1[C@H](C)N[C@@H](C)c1ccc(NC(=O)NC2CC2)cc1. The van der Waals surface area contributed by atoms with Crippen molar-refractivity contribution in [3.05, 3.63) is 51.7 Å². The number of hydrogen-bond acceptors (Lipinski definition) is 3. The number of urea groups is 1. The molecule has 2 amide bonds. The maximum Gasteiger partial charge on any atom is 0.319 e. The number of benzene rings is 1. The number of thiophene rings is 1. The molecule has 1 heterocycles. The third kappa shape index (κ3) is 4.36. The highest BCUT2D eigenvalue weighted by Crippen LogP contribution is 2.26. The van der Waals surface area contributed by atoms with Crippen molar-refractivity contribution in [1.29, 1.82) is 0 Å². The fourth-order valence-corrected chi connectivity index (χ4v) is 3.76. The van der Waals surface area contributed by atoms with Gasteiger partial charge in [-0.3, -0.25) is 0 Å². The molecule has 1 aromatic heterocycles. The third-order valence-corrected chi connectivity index (χ3v) is 5.58. The standard InChI is InChI=1S/C19H25N3OS/c1-12-10-11-24-18(12)14(3)20-13(2)15-4-6-16(7-5-15)21-19(23)22-17-8-9-17/h4-7,10-11,13-14,17,20H,8-9H2,1-3H3,(H2,21,22,23)/t13-,14-/m0/s1. The van der Waals surface area contributed by atoms with Crippen LogP contribution in [-0.4, -0.2) is 12.1 Å². The van der Waals surface area contributed by atoms with E-state index in [4.69, 9.17) is 0 Å². The van der Waals surface area contributed by atoms with E-state index in [9.17, 15) is 4.79 Å². The van der Waals surface area contributed by atoms with Crippen molar-refractivity contribution < 1.29 is 4.79 Å². The molecule has 1 aliphatic carbocycles. The Morgan fingerprint density at radius 2 is 1.83 bits per heavy atom. The molecule has 3 N–H and O–H groups in total. The Kier molecular flexibility index (Phi) is 5.21. The van der Waals surface area contributed by atoms with Gasteiger partial charge in [-0.15, -0.1) is 11.3 Å². The lowest BCUT2D eigenvalue weighted by Gasteiger charge is -2.20. The van der Waals surface area contributed by atoms with E-state index in [1.165, 1.54) is 16.0 Å². The Morgan fingerprint density at radius 3 is 2.42 bits per heavy atom. The first kappa shape index (κ1) is 17.0. The first-order valence-corrected chi connectivity index (χ1v) is 9.38. The van der Waals surface area contributed by atoms with Crippen molar-refractivity contribution >= 4 is 23.1 Å². The lowest BCUT2D eigenvalue weighted by Crippen LogP contribution is -2.30. The van der Waals surface area contributed by atoms with Crippen LogP contribution in [0.3, 0.4) is 0 Å². The van der Waals surface area contributed by atoms with Crippen LogP contribution in [0, 0.1) is 6.92 Å². The van der Waals surface area contributed by atoms with Crippen molar-refractivity contribution in [1.82, 2.24) is 10.6 Å². The molecule has 0 radical (unpaired) electrons. The molecule has 24 heavy (non-hydrogen) atoms. The Balaban J connectivity index is 1.56. The van der Waals surface area contributed by atoms with Crippen LogP contribution in [0.2, 0.25) is 0 Å². The molecule has 1 saturated carbocycles. The number of hydrogen-bond donors (Lipinski definition) is 3. The van der Waals surface area contributed by atoms with E-state index in [0.29, 0.717) is 12.1 Å². The summed E-state index contributed by atoms with van der Waals surface area (Å²) in [5.41, 5.74) is 3.38. The zero-order valence-corrected chi connectivity index (χ0v) is 15.2. The summed E-state index contributed by atoms with van der Waals surface area (Å²) in [6, 6.07) is 11.0. The normalized spacial score (nSPS) is 16.5. The van der Waals surface area contributed by atoms with Gasteiger partial charge in [0.25, 0.3) is 0 Å². The zero-order chi connectivity index (χ0) is 17.1. The highest BCUT2D eigenvalue weighted by molar-refractivity contribution is 7.10. The molecule has 1 aromatic carbocycles. The lowest BCUT2D eigenvalue weighted by atomic mass is 10.1. The van der Waals surface area contributed by atoms with Crippen molar-refractivity contribution in [3.8, 4) is 0 Å². The molecule has 0 unspecified atom stereocenters. The van der Waals surface area contributed by atoms with Gasteiger partial charge in [0, 0.05) is 28.7 Å². The van der Waals surface area contributed by atoms with E-state index in [-0.39, 0.29) is 12.1 Å². The van der Waals surface area contributed by atoms with Gasteiger partial charge in [-0.05, 0) is 68.3 Å². The maximum absolute atomic E-state index is 11.8. The average Bonchev–Trinajstić information content (AvgIpc) is 3.25. The summed E-state index contributed by atoms with van der Waals surface area (Å²) in [6.45, 7) is 6.52. The first-order valence-electron chi connectivity index (χ1n) is 8.50. The summed E-state index contributed by atoms with van der Waals surface area (Å²) in [5, 5.41) is 11.6. The molecule has 0 spiro atoms. The van der Waals surface area contributed by atoms with Crippen LogP contribution < -0.4 is 16.0 Å². The Hall–Kier alpha value is -1.85. The van der Waals surface area contributed by atoms with Crippen LogP contribution in [0.15, 0.2) is 35.7 Å². The predicted molar refractivity (Wildman–Crippen MR) is 101 cm³/mol. The summed E-state index contributed by atoms with van der Waals surface area (Å²) in [5.74, 6) is 0. The van der Waals surface area contributed by atoms with Crippen LogP contribution in [0.4, 0.5) is 10.5 Å². The Morgan fingerprint density at radius 1 is 1.12 bits per heavy atom. The minimum atomic E-state index is -0.113. The van der Waals surface area contributed by atoms with Crippen LogP contribution >= 0.6 is 11.3 Å². The van der Waals surface area contributed by atoms with Gasteiger partial charge in [-0.1, -0.05) is 12.1 Å². The molecule has 128 valence electrons. The smallest absolute Gasteiger partial charge is 0.319 e. The van der Waals surface area contributed by atoms with Crippen molar-refractivity contribution in [2.75, 3.05) is 5.32 Å². The number of aryl methyl sites for hydroxylation is 1. The minimum Gasteiger partial charge on any atom is -0.335 e. The first-order chi connectivity index (χ1) is 11.5. The number of anilines is 1. The Labute approximate surface area is 147 Å². The third-order valence-electron chi connectivity index (χ3n) is 4.38. The molecule has 1 aliphatic rings. The van der Waals surface area contributed by atoms with Gasteiger partial charge in [0.05, 0.1) is 0 Å². The van der Waals surface area contributed by atoms with E-state index >= 15 is 0 Å². The quantitative estimate of drug-likeness (QED) is 0.709. The molecular weight excluding hydrogens is 318 g/mol. The number of nitrogens with one attached hydrogen (secondary N) is 3. The van der Waals surface area contributed by atoms with Gasteiger partial charge >= 0.3 is 6.03 Å². The fraction of sp³-hybridized carbons (Fsp3) is 0.421. The van der Waals surface area contributed by atoms with Crippen LogP contribution in [0.5, 0.6) is 0 Å². The second kappa shape index (κ2) is 7.36. The van der Waals surface area contributed by atoms with Gasteiger partial charge in [0.2, 0.25) is 0 Å². The maximum atomic E-state index is 11.8. The molecule has 2 atom stereocenters. The number of amides is 2. The van der Waals surface area contributed by atoms with Crippen molar-refractivity contribution in [2.45, 2.75) is 51.7 Å². The molecule has 0 saturated heterocycles. The highest BCUT2D eigenvalue weighted by atomic mass is 32.1. The molecule has 5 heteroatoms. The second-order valence-electron chi connectivity index (χ2n) is 6.57.